The Balaban J connectivity index is 1.79. The topological polar surface area (TPSA) is 32.5 Å². The zero-order valence-electron chi connectivity index (χ0n) is 9.54. The molecule has 4 heteroatoms. The van der Waals surface area contributed by atoms with Gasteiger partial charge in [0.1, 0.15) is 0 Å². The average molecular weight is 227 g/mol. The molecular weight excluding hydrogens is 206 g/mol. The van der Waals surface area contributed by atoms with E-state index >= 15 is 0 Å². The van der Waals surface area contributed by atoms with Gasteiger partial charge in [-0.15, -0.1) is 0 Å². The van der Waals surface area contributed by atoms with Crippen LogP contribution in [0.1, 0.15) is 19.3 Å². The largest absolute Gasteiger partial charge is 0.393 e. The summed E-state index contributed by atoms with van der Waals surface area (Å²) >= 11 is 5.02. The van der Waals surface area contributed by atoms with Gasteiger partial charge >= 0.3 is 0 Å². The molecule has 0 atom stereocenters. The highest BCUT2D eigenvalue weighted by molar-refractivity contribution is 7.80. The van der Waals surface area contributed by atoms with E-state index in [9.17, 15) is 0 Å². The number of likely N-dealkylation sites (N-methyl/N-ethyl adjacent to an activating group) is 1. The van der Waals surface area contributed by atoms with Crippen LogP contribution in [0.25, 0.3) is 0 Å². The van der Waals surface area contributed by atoms with Gasteiger partial charge in [-0.1, -0.05) is 12.2 Å². The molecule has 0 bridgehead atoms. The molecule has 3 nitrogen and oxygen atoms in total. The Labute approximate surface area is 97.6 Å². The maximum absolute atomic E-state index is 5.65. The van der Waals surface area contributed by atoms with Crippen molar-refractivity contribution in [2.45, 2.75) is 19.3 Å². The molecule has 0 aromatic carbocycles. The van der Waals surface area contributed by atoms with Crippen molar-refractivity contribution < 1.29 is 0 Å². The first-order valence-corrected chi connectivity index (χ1v) is 6.20. The van der Waals surface area contributed by atoms with Gasteiger partial charge in [0.05, 0.1) is 4.99 Å². The molecule has 0 spiro atoms. The van der Waals surface area contributed by atoms with E-state index in [0.29, 0.717) is 10.4 Å². The second-order valence-electron chi connectivity index (χ2n) is 5.22. The third-order valence-electron chi connectivity index (χ3n) is 3.66. The molecule has 1 aliphatic carbocycles. The molecule has 0 aromatic heterocycles. The number of nitrogens with two attached hydrogens (primary N) is 1. The van der Waals surface area contributed by atoms with Crippen LogP contribution in [-0.4, -0.2) is 54.6 Å². The predicted octanol–water partition coefficient (Wildman–Crippen LogP) is 0.690. The van der Waals surface area contributed by atoms with Crippen molar-refractivity contribution in [2.75, 3.05) is 39.8 Å². The van der Waals surface area contributed by atoms with Crippen molar-refractivity contribution in [3.63, 3.8) is 0 Å². The summed E-state index contributed by atoms with van der Waals surface area (Å²) in [5, 5.41) is 0. The second-order valence-corrected chi connectivity index (χ2v) is 5.75. The molecule has 1 aliphatic heterocycles. The zero-order valence-corrected chi connectivity index (χ0v) is 10.4. The standard InChI is InChI=1S/C11H21N3S/c1-13-4-6-14(7-5-13)9-11(2-3-11)8-10(12)15/h2-9H2,1H3,(H2,12,15). The van der Waals surface area contributed by atoms with E-state index < -0.39 is 0 Å². The Hall–Kier alpha value is -0.190. The van der Waals surface area contributed by atoms with Crippen LogP contribution in [0.5, 0.6) is 0 Å². The number of hydrogen-bond donors (Lipinski definition) is 1. The van der Waals surface area contributed by atoms with E-state index in [1.165, 1.54) is 45.6 Å². The number of thiocarbonyl (C=S) groups is 1. The van der Waals surface area contributed by atoms with Crippen LogP contribution >= 0.6 is 12.2 Å². The fraction of sp³-hybridized carbons (Fsp3) is 0.909. The van der Waals surface area contributed by atoms with Gasteiger partial charge in [0.2, 0.25) is 0 Å². The predicted molar refractivity (Wildman–Crippen MR) is 67.0 cm³/mol. The lowest BCUT2D eigenvalue weighted by Gasteiger charge is -2.34. The lowest BCUT2D eigenvalue weighted by molar-refractivity contribution is 0.132. The van der Waals surface area contributed by atoms with Crippen molar-refractivity contribution >= 4 is 17.2 Å². The number of nitrogens with zero attached hydrogens (tertiary/aromatic N) is 2. The van der Waals surface area contributed by atoms with E-state index in [0.717, 1.165) is 6.42 Å². The zero-order chi connectivity index (χ0) is 10.9. The first kappa shape index (κ1) is 11.3. The van der Waals surface area contributed by atoms with Gasteiger partial charge in [-0.2, -0.15) is 0 Å². The third-order valence-corrected chi connectivity index (χ3v) is 3.81. The molecule has 86 valence electrons. The molecule has 2 aliphatic rings. The molecule has 15 heavy (non-hydrogen) atoms. The van der Waals surface area contributed by atoms with E-state index in [1.54, 1.807) is 0 Å². The Morgan fingerprint density at radius 2 is 1.87 bits per heavy atom. The summed E-state index contributed by atoms with van der Waals surface area (Å²) in [6.07, 6.45) is 3.59. The second kappa shape index (κ2) is 4.36. The Kier molecular flexibility index (Phi) is 3.28. The van der Waals surface area contributed by atoms with Crippen molar-refractivity contribution in [1.82, 2.24) is 9.80 Å². The molecule has 1 heterocycles. The summed E-state index contributed by atoms with van der Waals surface area (Å²) in [6, 6.07) is 0. The smallest absolute Gasteiger partial charge is 0.0733 e. The average Bonchev–Trinajstić information content (AvgIpc) is 2.88. The van der Waals surface area contributed by atoms with Crippen LogP contribution in [0.15, 0.2) is 0 Å². The lowest BCUT2D eigenvalue weighted by atomic mass is 10.0. The van der Waals surface area contributed by atoms with Crippen molar-refractivity contribution in [3.8, 4) is 0 Å². The summed E-state index contributed by atoms with van der Waals surface area (Å²) in [5.74, 6) is 0. The molecule has 0 amide bonds. The van der Waals surface area contributed by atoms with Crippen LogP contribution in [0.3, 0.4) is 0 Å². The molecular formula is C11H21N3S. The number of piperazine rings is 1. The normalized spacial score (nSPS) is 26.5. The minimum Gasteiger partial charge on any atom is -0.393 e. The fourth-order valence-electron chi connectivity index (χ4n) is 2.42. The van der Waals surface area contributed by atoms with Gasteiger partial charge in [0, 0.05) is 39.1 Å². The maximum atomic E-state index is 5.65. The summed E-state index contributed by atoms with van der Waals surface area (Å²) < 4.78 is 0. The van der Waals surface area contributed by atoms with Gasteiger partial charge in [-0.3, -0.25) is 0 Å². The van der Waals surface area contributed by atoms with Gasteiger partial charge < -0.3 is 15.5 Å². The molecule has 2 fully saturated rings. The van der Waals surface area contributed by atoms with Crippen LogP contribution < -0.4 is 5.73 Å². The molecule has 1 saturated carbocycles. The molecule has 0 unspecified atom stereocenters. The van der Waals surface area contributed by atoms with Crippen molar-refractivity contribution in [3.05, 3.63) is 0 Å². The third kappa shape index (κ3) is 3.13. The highest BCUT2D eigenvalue weighted by Crippen LogP contribution is 2.49. The SMILES string of the molecule is CN1CCN(CC2(CC(N)=S)CC2)CC1. The molecule has 1 saturated heterocycles. The summed E-state index contributed by atoms with van der Waals surface area (Å²) in [7, 11) is 2.19. The quantitative estimate of drug-likeness (QED) is 0.716. The van der Waals surface area contributed by atoms with Gasteiger partial charge in [0.15, 0.2) is 0 Å². The van der Waals surface area contributed by atoms with Crippen LogP contribution in [0, 0.1) is 5.41 Å². The minimum absolute atomic E-state index is 0.460. The van der Waals surface area contributed by atoms with Gasteiger partial charge in [-0.25, -0.2) is 0 Å². The van der Waals surface area contributed by atoms with E-state index in [2.05, 4.69) is 16.8 Å². The van der Waals surface area contributed by atoms with Crippen LogP contribution in [0.4, 0.5) is 0 Å². The summed E-state index contributed by atoms with van der Waals surface area (Å²) in [5.41, 5.74) is 6.11. The first-order valence-electron chi connectivity index (χ1n) is 5.79. The summed E-state index contributed by atoms with van der Waals surface area (Å²) in [4.78, 5) is 5.66. The Bertz CT molecular complexity index is 242. The van der Waals surface area contributed by atoms with Gasteiger partial charge in [0.25, 0.3) is 0 Å². The van der Waals surface area contributed by atoms with Crippen molar-refractivity contribution in [2.24, 2.45) is 11.1 Å². The van der Waals surface area contributed by atoms with Crippen LogP contribution in [-0.2, 0) is 0 Å². The monoisotopic (exact) mass is 227 g/mol. The van der Waals surface area contributed by atoms with Crippen molar-refractivity contribution in [1.29, 1.82) is 0 Å². The Morgan fingerprint density at radius 3 is 2.33 bits per heavy atom. The number of rotatable bonds is 4. The molecule has 0 aromatic rings. The highest BCUT2D eigenvalue weighted by Gasteiger charge is 2.44. The molecule has 2 rings (SSSR count). The molecule has 0 radical (unpaired) electrons. The number of hydrogen-bond acceptors (Lipinski definition) is 3. The lowest BCUT2D eigenvalue weighted by Crippen LogP contribution is -2.46. The van der Waals surface area contributed by atoms with E-state index in [4.69, 9.17) is 18.0 Å². The highest BCUT2D eigenvalue weighted by atomic mass is 32.1. The molecule has 2 N–H and O–H groups in total. The fourth-order valence-corrected chi connectivity index (χ4v) is 2.72. The minimum atomic E-state index is 0.460. The maximum Gasteiger partial charge on any atom is 0.0733 e. The summed E-state index contributed by atoms with van der Waals surface area (Å²) in [6.45, 7) is 6.01. The Morgan fingerprint density at radius 1 is 1.27 bits per heavy atom. The van der Waals surface area contributed by atoms with E-state index in [1.807, 2.05) is 0 Å². The first-order chi connectivity index (χ1) is 7.10. The van der Waals surface area contributed by atoms with Gasteiger partial charge in [-0.05, 0) is 25.3 Å². The van der Waals surface area contributed by atoms with E-state index in [-0.39, 0.29) is 0 Å². The van der Waals surface area contributed by atoms with Crippen LogP contribution in [0.2, 0.25) is 0 Å².